The summed E-state index contributed by atoms with van der Waals surface area (Å²) in [7, 11) is 0. The molecule has 0 amide bonds. The van der Waals surface area contributed by atoms with Crippen LogP contribution in [-0.4, -0.2) is 33.3 Å². The fraction of sp³-hybridized carbons (Fsp3) is 0.273. The lowest BCUT2D eigenvalue weighted by Gasteiger charge is -2.10. The molecule has 0 bridgehead atoms. The van der Waals surface area contributed by atoms with Crippen LogP contribution in [0.4, 0.5) is 5.95 Å². The van der Waals surface area contributed by atoms with Crippen LogP contribution in [0.15, 0.2) is 41.5 Å². The van der Waals surface area contributed by atoms with Crippen molar-refractivity contribution in [3.63, 3.8) is 0 Å². The van der Waals surface area contributed by atoms with Crippen LogP contribution in [0.2, 0.25) is 0 Å². The summed E-state index contributed by atoms with van der Waals surface area (Å²) in [6.07, 6.45) is 1.76. The molecule has 0 aliphatic carbocycles. The predicted molar refractivity (Wildman–Crippen MR) is 114 cm³/mol. The molecule has 0 spiro atoms. The maximum Gasteiger partial charge on any atom is 0.338 e. The van der Waals surface area contributed by atoms with E-state index in [1.165, 1.54) is 0 Å². The maximum atomic E-state index is 11.8. The van der Waals surface area contributed by atoms with Crippen LogP contribution < -0.4 is 5.43 Å². The van der Waals surface area contributed by atoms with Crippen LogP contribution in [0.1, 0.15) is 45.6 Å². The van der Waals surface area contributed by atoms with Crippen molar-refractivity contribution in [2.75, 3.05) is 12.0 Å². The van der Waals surface area contributed by atoms with Gasteiger partial charge in [0.25, 0.3) is 0 Å². The number of esters is 1. The molecule has 2 heterocycles. The van der Waals surface area contributed by atoms with Crippen molar-refractivity contribution in [3.05, 3.63) is 70.3 Å². The van der Waals surface area contributed by atoms with Crippen molar-refractivity contribution in [3.8, 4) is 5.69 Å². The zero-order valence-corrected chi connectivity index (χ0v) is 17.4. The predicted octanol–water partition coefficient (Wildman–Crippen LogP) is 4.12. The zero-order chi connectivity index (χ0) is 21.0. The number of aromatic nitrogens is 3. The highest BCUT2D eigenvalue weighted by molar-refractivity contribution is 5.89. The summed E-state index contributed by atoms with van der Waals surface area (Å²) in [5.41, 5.74) is 9.26. The molecular formula is C22H25N5O2. The minimum Gasteiger partial charge on any atom is -0.462 e. The number of hydrogen-bond acceptors (Lipinski definition) is 6. The van der Waals surface area contributed by atoms with Crippen LogP contribution in [0.5, 0.6) is 0 Å². The van der Waals surface area contributed by atoms with Crippen molar-refractivity contribution in [1.82, 2.24) is 14.5 Å². The molecule has 0 saturated carbocycles. The van der Waals surface area contributed by atoms with Gasteiger partial charge in [-0.3, -0.25) is 0 Å². The molecule has 0 unspecified atom stereocenters. The topological polar surface area (TPSA) is 81.4 Å². The molecule has 3 rings (SSSR count). The van der Waals surface area contributed by atoms with Crippen LogP contribution >= 0.6 is 0 Å². The first-order chi connectivity index (χ1) is 13.9. The molecule has 0 aliphatic heterocycles. The van der Waals surface area contributed by atoms with Gasteiger partial charge in [-0.1, -0.05) is 0 Å². The van der Waals surface area contributed by atoms with Crippen LogP contribution in [0.25, 0.3) is 5.69 Å². The molecule has 1 N–H and O–H groups in total. The molecule has 29 heavy (non-hydrogen) atoms. The molecule has 0 atom stereocenters. The largest absolute Gasteiger partial charge is 0.462 e. The zero-order valence-electron chi connectivity index (χ0n) is 17.4. The minimum absolute atomic E-state index is 0.312. The van der Waals surface area contributed by atoms with Gasteiger partial charge in [-0.05, 0) is 71.0 Å². The van der Waals surface area contributed by atoms with Gasteiger partial charge in [0.2, 0.25) is 5.95 Å². The molecule has 7 nitrogen and oxygen atoms in total. The molecule has 0 aliphatic rings. The van der Waals surface area contributed by atoms with Gasteiger partial charge < -0.3 is 9.30 Å². The second-order valence-electron chi connectivity index (χ2n) is 6.77. The number of aryl methyl sites for hydroxylation is 3. The third kappa shape index (κ3) is 4.68. The number of carbonyl (C=O) groups is 1. The molecule has 0 radical (unpaired) electrons. The number of nitrogens with one attached hydrogen (secondary N) is 1. The Morgan fingerprint density at radius 3 is 2.38 bits per heavy atom. The summed E-state index contributed by atoms with van der Waals surface area (Å²) in [6.45, 7) is 10.1. The van der Waals surface area contributed by atoms with E-state index < -0.39 is 0 Å². The molecule has 150 valence electrons. The van der Waals surface area contributed by atoms with Gasteiger partial charge in [0.1, 0.15) is 0 Å². The lowest BCUT2D eigenvalue weighted by molar-refractivity contribution is 0.0526. The Balaban J connectivity index is 1.80. The number of nitrogens with zero attached hydrogens (tertiary/aromatic N) is 4. The van der Waals surface area contributed by atoms with Crippen molar-refractivity contribution in [1.29, 1.82) is 0 Å². The van der Waals surface area contributed by atoms with Crippen molar-refractivity contribution in [2.45, 2.75) is 34.6 Å². The van der Waals surface area contributed by atoms with E-state index in [2.05, 4.69) is 31.1 Å². The monoisotopic (exact) mass is 391 g/mol. The van der Waals surface area contributed by atoms with E-state index in [1.807, 2.05) is 45.9 Å². The second-order valence-corrected chi connectivity index (χ2v) is 6.77. The summed E-state index contributed by atoms with van der Waals surface area (Å²) in [4.78, 5) is 20.5. The van der Waals surface area contributed by atoms with Crippen molar-refractivity contribution in [2.24, 2.45) is 5.10 Å². The maximum absolute atomic E-state index is 11.8. The van der Waals surface area contributed by atoms with E-state index in [-0.39, 0.29) is 5.97 Å². The number of benzene rings is 1. The highest BCUT2D eigenvalue weighted by Gasteiger charge is 2.11. The van der Waals surface area contributed by atoms with E-state index in [0.29, 0.717) is 18.1 Å². The Morgan fingerprint density at radius 2 is 1.76 bits per heavy atom. The van der Waals surface area contributed by atoms with Gasteiger partial charge in [0.05, 0.1) is 18.4 Å². The fourth-order valence-electron chi connectivity index (χ4n) is 3.21. The molecular weight excluding hydrogens is 366 g/mol. The van der Waals surface area contributed by atoms with Crippen LogP contribution in [-0.2, 0) is 4.74 Å². The Hall–Kier alpha value is -3.48. The van der Waals surface area contributed by atoms with Gasteiger partial charge in [-0.25, -0.2) is 20.2 Å². The summed E-state index contributed by atoms with van der Waals surface area (Å²) < 4.78 is 7.15. The first-order valence-corrected chi connectivity index (χ1v) is 9.47. The standard InChI is InChI=1S/C22H25N5O2/c1-6-29-21(28)18-7-9-20(10-8-18)27-16(4)12-19(17(27)5)13-23-26-22-24-14(2)11-15(3)25-22/h7-13H,6H2,1-5H3,(H,24,25,26)/b23-13+. The summed E-state index contributed by atoms with van der Waals surface area (Å²) in [5, 5.41) is 4.29. The van der Waals surface area contributed by atoms with Gasteiger partial charge in [-0.2, -0.15) is 5.10 Å². The van der Waals surface area contributed by atoms with E-state index in [4.69, 9.17) is 4.74 Å². The van der Waals surface area contributed by atoms with Crippen LogP contribution in [0.3, 0.4) is 0 Å². The molecule has 7 heteroatoms. The Kier molecular flexibility index (Phi) is 6.07. The average molecular weight is 391 g/mol. The van der Waals surface area contributed by atoms with E-state index in [0.717, 1.165) is 34.0 Å². The van der Waals surface area contributed by atoms with E-state index in [1.54, 1.807) is 25.3 Å². The quantitative estimate of drug-likeness (QED) is 0.388. The highest BCUT2D eigenvalue weighted by atomic mass is 16.5. The first-order valence-electron chi connectivity index (χ1n) is 9.47. The third-order valence-corrected chi connectivity index (χ3v) is 4.46. The van der Waals surface area contributed by atoms with Gasteiger partial charge in [0, 0.05) is 34.0 Å². The van der Waals surface area contributed by atoms with Gasteiger partial charge in [-0.15, -0.1) is 0 Å². The number of carbonyl (C=O) groups excluding carboxylic acids is 1. The smallest absolute Gasteiger partial charge is 0.338 e. The van der Waals surface area contributed by atoms with Crippen molar-refractivity contribution >= 4 is 18.1 Å². The third-order valence-electron chi connectivity index (χ3n) is 4.46. The molecule has 2 aromatic heterocycles. The van der Waals surface area contributed by atoms with Crippen LogP contribution in [0, 0.1) is 27.7 Å². The number of ether oxygens (including phenoxy) is 1. The minimum atomic E-state index is -0.312. The Morgan fingerprint density at radius 1 is 1.10 bits per heavy atom. The van der Waals surface area contributed by atoms with E-state index in [9.17, 15) is 4.79 Å². The van der Waals surface area contributed by atoms with Crippen molar-refractivity contribution < 1.29 is 9.53 Å². The highest BCUT2D eigenvalue weighted by Crippen LogP contribution is 2.20. The number of hydrazone groups is 1. The summed E-state index contributed by atoms with van der Waals surface area (Å²) in [6, 6.07) is 11.3. The molecule has 0 saturated heterocycles. The lowest BCUT2D eigenvalue weighted by atomic mass is 10.2. The number of hydrogen-bond donors (Lipinski definition) is 1. The summed E-state index contributed by atoms with van der Waals surface area (Å²) >= 11 is 0. The number of anilines is 1. The normalized spacial score (nSPS) is 11.1. The lowest BCUT2D eigenvalue weighted by Crippen LogP contribution is -2.05. The molecule has 1 aromatic carbocycles. The molecule has 3 aromatic rings. The average Bonchev–Trinajstić information content (AvgIpc) is 2.95. The summed E-state index contributed by atoms with van der Waals surface area (Å²) in [5.74, 6) is 0.162. The second kappa shape index (κ2) is 8.68. The van der Waals surface area contributed by atoms with E-state index >= 15 is 0 Å². The fourth-order valence-corrected chi connectivity index (χ4v) is 3.21. The Bertz CT molecular complexity index is 1030. The SMILES string of the molecule is CCOC(=O)c1ccc(-n2c(C)cc(/C=N/Nc3nc(C)cc(C)n3)c2C)cc1. The van der Waals surface area contributed by atoms with Gasteiger partial charge >= 0.3 is 5.97 Å². The Labute approximate surface area is 170 Å². The first kappa shape index (κ1) is 20.3. The van der Waals surface area contributed by atoms with Gasteiger partial charge in [0.15, 0.2) is 0 Å². The number of rotatable bonds is 6. The molecule has 0 fully saturated rings.